The second-order valence-electron chi connectivity index (χ2n) is 0. The average Bonchev–Trinajstić information content (AvgIpc) is 0. The van der Waals surface area contributed by atoms with Crippen LogP contribution in [0.15, 0.2) is 0 Å². The fourth-order valence-electron chi connectivity index (χ4n) is 0. The quantitative estimate of drug-likeness (QED) is 0.393. The van der Waals surface area contributed by atoms with E-state index in [1.807, 2.05) is 0 Å². The normalized spacial score (nSPS) is 0. The predicted molar refractivity (Wildman–Crippen MR) is 21.8 cm³/mol. The van der Waals surface area contributed by atoms with Crippen molar-refractivity contribution in [1.82, 2.24) is 0 Å². The van der Waals surface area contributed by atoms with Gasteiger partial charge in [0.2, 0.25) is 0 Å². The maximum Gasteiger partial charge on any atom is 2.00 e. The Hall–Kier alpha value is 3.17. The van der Waals surface area contributed by atoms with Gasteiger partial charge in [0.25, 0.3) is 0 Å². The Morgan fingerprint density at radius 3 is 0.667 bits per heavy atom. The molecule has 0 saturated carbocycles. The summed E-state index contributed by atoms with van der Waals surface area (Å²) in [6.07, 6.45) is 0. The molecular formula is H2Ca2MgO3+2. The number of rotatable bonds is 0. The molecule has 6 heteroatoms. The second kappa shape index (κ2) is 41.8. The molecule has 0 unspecified atom stereocenters. The van der Waals surface area contributed by atoms with E-state index < -0.39 is 0 Å². The summed E-state index contributed by atoms with van der Waals surface area (Å²) in [7, 11) is 0. The van der Waals surface area contributed by atoms with E-state index in [9.17, 15) is 0 Å². The molecule has 24 valence electrons. The minimum absolute atomic E-state index is 0. The first-order valence-electron chi connectivity index (χ1n) is 0. The van der Waals surface area contributed by atoms with Gasteiger partial charge in [-0.3, -0.25) is 0 Å². The average molecular weight is 154 g/mol. The van der Waals surface area contributed by atoms with E-state index in [2.05, 4.69) is 0 Å². The zero-order valence-electron chi connectivity index (χ0n) is 3.42. The van der Waals surface area contributed by atoms with Crippen molar-refractivity contribution < 1.29 is 16.4 Å². The van der Waals surface area contributed by atoms with Crippen molar-refractivity contribution in [2.45, 2.75) is 0 Å². The summed E-state index contributed by atoms with van der Waals surface area (Å²) in [5.41, 5.74) is 0. The zero-order chi connectivity index (χ0) is 0. The first kappa shape index (κ1) is 61.0. The topological polar surface area (TPSA) is 88.5 Å². The van der Waals surface area contributed by atoms with Gasteiger partial charge in [-0.25, -0.2) is 0 Å². The summed E-state index contributed by atoms with van der Waals surface area (Å²) in [4.78, 5) is 0. The Morgan fingerprint density at radius 2 is 0.667 bits per heavy atom. The van der Waals surface area contributed by atoms with E-state index in [4.69, 9.17) is 0 Å². The summed E-state index contributed by atoms with van der Waals surface area (Å²) in [6.45, 7) is 0. The van der Waals surface area contributed by atoms with Crippen LogP contribution in [0.5, 0.6) is 0 Å². The van der Waals surface area contributed by atoms with Gasteiger partial charge in [0.1, 0.15) is 0 Å². The van der Waals surface area contributed by atoms with Crippen LogP contribution in [0.3, 0.4) is 0 Å². The first-order chi connectivity index (χ1) is 0. The van der Waals surface area contributed by atoms with E-state index in [0.29, 0.717) is 0 Å². The molecule has 0 aromatic rings. The van der Waals surface area contributed by atoms with Crippen LogP contribution in [0.25, 0.3) is 0 Å². The Kier molecular flexibility index (Phi) is 425. The predicted octanol–water partition coefficient (Wildman–Crippen LogP) is -1.61. The fourth-order valence-corrected chi connectivity index (χ4v) is 0. The first-order valence-corrected chi connectivity index (χ1v) is 0. The van der Waals surface area contributed by atoms with Gasteiger partial charge in [0.05, 0.1) is 0 Å². The molecule has 0 aromatic heterocycles. The van der Waals surface area contributed by atoms with Crippen LogP contribution in [0.4, 0.5) is 0 Å². The maximum absolute atomic E-state index is 0. The molecule has 0 radical (unpaired) electrons. The van der Waals surface area contributed by atoms with Crippen molar-refractivity contribution in [3.8, 4) is 0 Å². The van der Waals surface area contributed by atoms with Crippen LogP contribution < -0.4 is 0 Å². The van der Waals surface area contributed by atoms with Crippen molar-refractivity contribution in [3.63, 3.8) is 0 Å². The molecule has 3 nitrogen and oxygen atoms in total. The van der Waals surface area contributed by atoms with Crippen LogP contribution in [0.1, 0.15) is 0 Å². The van der Waals surface area contributed by atoms with Gasteiger partial charge in [0, 0.05) is 0 Å². The molecule has 0 aromatic carbocycles. The third-order valence-electron chi connectivity index (χ3n) is 0. The van der Waals surface area contributed by atoms with Crippen LogP contribution in [0.2, 0.25) is 0 Å². The molecular weight excluding hydrogens is 152 g/mol. The van der Waals surface area contributed by atoms with Crippen molar-refractivity contribution in [1.29, 1.82) is 0 Å². The van der Waals surface area contributed by atoms with E-state index in [-0.39, 0.29) is 115 Å². The molecule has 6 heavy (non-hydrogen) atoms. The Labute approximate surface area is 112 Å². The monoisotopic (exact) mass is 154 g/mol. The molecule has 0 aliphatic rings. The third kappa shape index (κ3) is 27.2. The Bertz CT molecular complexity index is 8.75. The third-order valence-corrected chi connectivity index (χ3v) is 0. The van der Waals surface area contributed by atoms with Crippen LogP contribution in [-0.4, -0.2) is 109 Å². The van der Waals surface area contributed by atoms with Gasteiger partial charge in [-0.1, -0.05) is 0 Å². The molecule has 2 N–H and O–H groups in total. The van der Waals surface area contributed by atoms with Crippen molar-refractivity contribution in [2.75, 3.05) is 0 Å². The smallest absolute Gasteiger partial charge is 2.00 e. The molecule has 0 aliphatic carbocycles. The summed E-state index contributed by atoms with van der Waals surface area (Å²) in [5.74, 6) is 0. The maximum atomic E-state index is 0. The minimum atomic E-state index is 0. The van der Waals surface area contributed by atoms with Crippen molar-refractivity contribution >= 4 is 98.5 Å². The molecule has 0 amide bonds. The number of hydrogen-bond acceptors (Lipinski definition) is 2. The largest absolute Gasteiger partial charge is 2.00 e. The fraction of sp³-hybridized carbons (Fsp3) is 0. The van der Waals surface area contributed by atoms with E-state index >= 15 is 0 Å². The molecule has 0 heterocycles. The number of hydrogen-bond donors (Lipinski definition) is 0. The molecule has 0 spiro atoms. The molecule has 0 aliphatic heterocycles. The van der Waals surface area contributed by atoms with Gasteiger partial charge in [-0.05, 0) is 0 Å². The van der Waals surface area contributed by atoms with Gasteiger partial charge in [-0.2, -0.15) is 0 Å². The zero-order valence-corrected chi connectivity index (χ0v) is 9.25. The standard InChI is InChI=1S/2Ca.Mg.2H2O.O/h;;;2*1H2;/q3*+2;;;-2/p-2. The molecule has 0 rings (SSSR count). The van der Waals surface area contributed by atoms with Gasteiger partial charge in [-0.15, -0.1) is 0 Å². The summed E-state index contributed by atoms with van der Waals surface area (Å²) < 4.78 is 0. The molecule has 0 bridgehead atoms. The second-order valence-corrected chi connectivity index (χ2v) is 0. The van der Waals surface area contributed by atoms with E-state index in [0.717, 1.165) is 0 Å². The molecule has 0 saturated heterocycles. The minimum Gasteiger partial charge on any atom is -2.00 e. The molecule has 0 atom stereocenters. The van der Waals surface area contributed by atoms with Crippen LogP contribution in [-0.2, 0) is 5.48 Å². The van der Waals surface area contributed by atoms with E-state index in [1.165, 1.54) is 0 Å². The summed E-state index contributed by atoms with van der Waals surface area (Å²) in [5, 5.41) is 0. The van der Waals surface area contributed by atoms with Crippen LogP contribution in [0, 0.1) is 0 Å². The van der Waals surface area contributed by atoms with Crippen molar-refractivity contribution in [3.05, 3.63) is 0 Å². The summed E-state index contributed by atoms with van der Waals surface area (Å²) in [6, 6.07) is 0. The van der Waals surface area contributed by atoms with Crippen molar-refractivity contribution in [2.24, 2.45) is 0 Å². The Morgan fingerprint density at radius 1 is 0.667 bits per heavy atom. The van der Waals surface area contributed by atoms with Gasteiger partial charge >= 0.3 is 98.5 Å². The van der Waals surface area contributed by atoms with Crippen LogP contribution >= 0.6 is 0 Å². The SMILES string of the molecule is [Ca+2].[Ca+2].[Mg+2].[O-2].[OH-].[OH-]. The van der Waals surface area contributed by atoms with Gasteiger partial charge < -0.3 is 16.4 Å². The summed E-state index contributed by atoms with van der Waals surface area (Å²) >= 11 is 0. The van der Waals surface area contributed by atoms with E-state index in [1.54, 1.807) is 0 Å². The van der Waals surface area contributed by atoms with Gasteiger partial charge in [0.15, 0.2) is 0 Å². The Balaban J connectivity index is 0. The molecule has 0 fully saturated rings.